The molecule has 0 bridgehead atoms. The molecule has 2 aromatic heterocycles. The van der Waals surface area contributed by atoms with E-state index in [0.717, 1.165) is 41.0 Å². The molecule has 1 aliphatic rings. The van der Waals surface area contributed by atoms with Crippen LogP contribution in [0.1, 0.15) is 24.8 Å². The van der Waals surface area contributed by atoms with E-state index in [0.29, 0.717) is 5.69 Å². The number of hydroxylamine groups is 1. The molecule has 32 heavy (non-hydrogen) atoms. The molecule has 1 fully saturated rings. The number of amides is 2. The molecule has 7 nitrogen and oxygen atoms in total. The van der Waals surface area contributed by atoms with Gasteiger partial charge >= 0.3 is 12.2 Å². The maximum absolute atomic E-state index is 12.3. The molecule has 168 valence electrons. The second kappa shape index (κ2) is 8.91. The predicted molar refractivity (Wildman–Crippen MR) is 115 cm³/mol. The summed E-state index contributed by atoms with van der Waals surface area (Å²) in [7, 11) is 1.58. The normalized spacial score (nSPS) is 13.6. The van der Waals surface area contributed by atoms with E-state index in [9.17, 15) is 18.0 Å². The van der Waals surface area contributed by atoms with Gasteiger partial charge in [0.1, 0.15) is 12.2 Å². The van der Waals surface area contributed by atoms with Crippen LogP contribution in [0.5, 0.6) is 0 Å². The second-order valence-corrected chi connectivity index (χ2v) is 7.43. The highest BCUT2D eigenvalue weighted by Crippen LogP contribution is 2.33. The van der Waals surface area contributed by atoms with E-state index in [2.05, 4.69) is 15.8 Å². The number of nitrogens with zero attached hydrogens (tertiary/aromatic N) is 2. The van der Waals surface area contributed by atoms with Crippen LogP contribution in [0.4, 0.5) is 23.7 Å². The van der Waals surface area contributed by atoms with Crippen LogP contribution in [-0.4, -0.2) is 35.2 Å². The maximum Gasteiger partial charge on any atom is 0.405 e. The molecule has 3 N–H and O–H groups in total. The molecule has 0 radical (unpaired) electrons. The first-order valence-electron chi connectivity index (χ1n) is 10.0. The lowest BCUT2D eigenvalue weighted by molar-refractivity contribution is -0.122. The first-order valence-corrected chi connectivity index (χ1v) is 10.0. The molecule has 1 aromatic carbocycles. The molecular formula is C22H22F3N5O2. The summed E-state index contributed by atoms with van der Waals surface area (Å²) in [5, 5.41) is 4.21. The van der Waals surface area contributed by atoms with Gasteiger partial charge in [-0.05, 0) is 49.1 Å². The maximum atomic E-state index is 12.3. The van der Waals surface area contributed by atoms with Crippen molar-refractivity contribution in [3.8, 4) is 11.3 Å². The third-order valence-electron chi connectivity index (χ3n) is 5.18. The zero-order chi connectivity index (χ0) is 22.7. The molecule has 3 aromatic rings. The van der Waals surface area contributed by atoms with Crippen molar-refractivity contribution in [2.45, 2.75) is 25.4 Å². The number of carbonyl (C=O) groups is 1. The first kappa shape index (κ1) is 21.7. The number of aromatic nitrogens is 2. The van der Waals surface area contributed by atoms with Gasteiger partial charge < -0.3 is 10.6 Å². The van der Waals surface area contributed by atoms with Crippen LogP contribution in [-0.2, 0) is 4.84 Å². The highest BCUT2D eigenvalue weighted by Gasteiger charge is 2.27. The van der Waals surface area contributed by atoms with Gasteiger partial charge in [0.2, 0.25) is 0 Å². The number of carbonyl (C=O) groups excluding carboxylic acids is 1. The van der Waals surface area contributed by atoms with Gasteiger partial charge in [-0.15, -0.1) is 0 Å². The summed E-state index contributed by atoms with van der Waals surface area (Å²) >= 11 is 0. The molecular weight excluding hydrogens is 423 g/mol. The number of allylic oxidation sites excluding steroid dienone is 1. The van der Waals surface area contributed by atoms with E-state index in [1.54, 1.807) is 36.8 Å². The third kappa shape index (κ3) is 4.86. The van der Waals surface area contributed by atoms with Gasteiger partial charge in [-0.1, -0.05) is 12.1 Å². The Morgan fingerprint density at radius 2 is 2.03 bits per heavy atom. The summed E-state index contributed by atoms with van der Waals surface area (Å²) in [5.74, 6) is 0. The number of benzene rings is 1. The molecule has 0 unspecified atom stereocenters. The highest BCUT2D eigenvalue weighted by atomic mass is 19.4. The van der Waals surface area contributed by atoms with Crippen molar-refractivity contribution in [3.63, 3.8) is 0 Å². The van der Waals surface area contributed by atoms with E-state index in [4.69, 9.17) is 4.84 Å². The average molecular weight is 445 g/mol. The monoisotopic (exact) mass is 445 g/mol. The Labute approximate surface area is 182 Å². The minimum Gasteiger partial charge on any atom is -0.329 e. The van der Waals surface area contributed by atoms with Gasteiger partial charge in [0.05, 0.1) is 24.7 Å². The van der Waals surface area contributed by atoms with Crippen molar-refractivity contribution in [3.05, 3.63) is 59.9 Å². The van der Waals surface area contributed by atoms with E-state index in [1.165, 1.54) is 12.0 Å². The van der Waals surface area contributed by atoms with Crippen LogP contribution in [0.3, 0.4) is 0 Å². The minimum absolute atomic E-state index is 0.370. The standard InChI is InChI=1S/C22H22F3N5O2/c1-32-29-20(14-4-2-5-14)16-8-9-30-18(12-26-19(30)11-16)15-6-3-7-17(10-15)28-21(31)27-13-22(23,24)25/h3,6-12,29H,2,4-5,13H2,1H3,(H2,27,28,31). The molecule has 4 rings (SSSR count). The summed E-state index contributed by atoms with van der Waals surface area (Å²) in [6, 6.07) is 9.84. The number of nitrogens with one attached hydrogen (secondary N) is 3. The third-order valence-corrected chi connectivity index (χ3v) is 5.18. The molecule has 0 aliphatic heterocycles. The number of hydrogen-bond acceptors (Lipinski definition) is 4. The number of pyridine rings is 1. The number of imidazole rings is 1. The first-order chi connectivity index (χ1) is 15.3. The molecule has 1 saturated carbocycles. The van der Waals surface area contributed by atoms with Crippen molar-refractivity contribution in [1.82, 2.24) is 20.2 Å². The van der Waals surface area contributed by atoms with Crippen molar-refractivity contribution >= 4 is 23.1 Å². The summed E-state index contributed by atoms with van der Waals surface area (Å²) in [6.07, 6.45) is 2.38. The Kier molecular flexibility index (Phi) is 6.04. The highest BCUT2D eigenvalue weighted by molar-refractivity contribution is 5.90. The quantitative estimate of drug-likeness (QED) is 0.479. The average Bonchev–Trinajstić information content (AvgIpc) is 3.14. The fraction of sp³-hybridized carbons (Fsp3) is 0.273. The topological polar surface area (TPSA) is 79.7 Å². The summed E-state index contributed by atoms with van der Waals surface area (Å²) < 4.78 is 38.7. The zero-order valence-electron chi connectivity index (χ0n) is 17.3. The van der Waals surface area contributed by atoms with Crippen LogP contribution in [0.15, 0.2) is 54.4 Å². The number of hydrogen-bond donors (Lipinski definition) is 3. The van der Waals surface area contributed by atoms with Crippen molar-refractivity contribution in [1.29, 1.82) is 0 Å². The van der Waals surface area contributed by atoms with Gasteiger partial charge in [0.15, 0.2) is 0 Å². The summed E-state index contributed by atoms with van der Waals surface area (Å²) in [6.45, 7) is -1.40. The number of fused-ring (bicyclic) bond motifs is 1. The number of anilines is 1. The molecule has 2 amide bonds. The van der Waals surface area contributed by atoms with E-state index in [1.807, 2.05) is 28.8 Å². The van der Waals surface area contributed by atoms with E-state index >= 15 is 0 Å². The van der Waals surface area contributed by atoms with Gasteiger partial charge in [-0.25, -0.2) is 9.78 Å². The number of alkyl halides is 3. The van der Waals surface area contributed by atoms with Crippen molar-refractivity contribution < 1.29 is 22.8 Å². The molecule has 0 saturated heterocycles. The van der Waals surface area contributed by atoms with Crippen LogP contribution >= 0.6 is 0 Å². The lowest BCUT2D eigenvalue weighted by Gasteiger charge is -2.22. The largest absolute Gasteiger partial charge is 0.405 e. The second-order valence-electron chi connectivity index (χ2n) is 7.43. The van der Waals surface area contributed by atoms with Gasteiger partial charge in [-0.2, -0.15) is 13.2 Å². The fourth-order valence-corrected chi connectivity index (χ4v) is 3.50. The lowest BCUT2D eigenvalue weighted by Crippen LogP contribution is -2.36. The van der Waals surface area contributed by atoms with Crippen molar-refractivity contribution in [2.75, 3.05) is 19.0 Å². The number of urea groups is 1. The fourth-order valence-electron chi connectivity index (χ4n) is 3.50. The van der Waals surface area contributed by atoms with Crippen LogP contribution in [0.25, 0.3) is 22.6 Å². The number of halogens is 3. The molecule has 2 heterocycles. The smallest absolute Gasteiger partial charge is 0.329 e. The minimum atomic E-state index is -4.47. The molecule has 1 aliphatic carbocycles. The summed E-state index contributed by atoms with van der Waals surface area (Å²) in [5.41, 5.74) is 8.86. The molecule has 10 heteroatoms. The summed E-state index contributed by atoms with van der Waals surface area (Å²) in [4.78, 5) is 21.4. The van der Waals surface area contributed by atoms with Crippen LogP contribution < -0.4 is 16.1 Å². The number of rotatable bonds is 6. The zero-order valence-corrected chi connectivity index (χ0v) is 17.3. The van der Waals surface area contributed by atoms with Crippen LogP contribution in [0, 0.1) is 0 Å². The van der Waals surface area contributed by atoms with Gasteiger partial charge in [-0.3, -0.25) is 14.7 Å². The SMILES string of the molecule is CONC(=C1CCC1)c1ccn2c(-c3cccc(NC(=O)NCC(F)(F)F)c3)cnc2c1. The van der Waals surface area contributed by atoms with Gasteiger partial charge in [0, 0.05) is 23.0 Å². The van der Waals surface area contributed by atoms with E-state index in [-0.39, 0.29) is 0 Å². The Bertz CT molecular complexity index is 1160. The van der Waals surface area contributed by atoms with E-state index < -0.39 is 18.8 Å². The van der Waals surface area contributed by atoms with Crippen LogP contribution in [0.2, 0.25) is 0 Å². The molecule has 0 atom stereocenters. The molecule has 0 spiro atoms. The Morgan fingerprint density at radius 3 is 2.72 bits per heavy atom. The Balaban J connectivity index is 1.56. The predicted octanol–water partition coefficient (Wildman–Crippen LogP) is 4.73. The Morgan fingerprint density at radius 1 is 1.22 bits per heavy atom. The Hall–Kier alpha value is -3.53. The lowest BCUT2D eigenvalue weighted by atomic mass is 9.89. The van der Waals surface area contributed by atoms with Crippen molar-refractivity contribution in [2.24, 2.45) is 0 Å². The van der Waals surface area contributed by atoms with Gasteiger partial charge in [0.25, 0.3) is 0 Å².